The van der Waals surface area contributed by atoms with Gasteiger partial charge in [0.25, 0.3) is 5.91 Å². The summed E-state index contributed by atoms with van der Waals surface area (Å²) < 4.78 is 31.6. The molecule has 2 aromatic carbocycles. The number of carbonyl (C=O) groups is 1. The first-order chi connectivity index (χ1) is 12.2. The minimum absolute atomic E-state index is 0.0479. The van der Waals surface area contributed by atoms with Crippen LogP contribution in [0.15, 0.2) is 47.4 Å². The Labute approximate surface area is 154 Å². The number of sulfonamides is 1. The average molecular weight is 376 g/mol. The number of hydrogen-bond donors (Lipinski definition) is 2. The van der Waals surface area contributed by atoms with Crippen LogP contribution in [0.5, 0.6) is 5.75 Å². The monoisotopic (exact) mass is 376 g/mol. The SMILES string of the molecule is CNS(=O)(=O)c1cccc(C(=O)NC(C)COc2ccc(C)c(C)c2)c1. The van der Waals surface area contributed by atoms with Crippen molar-refractivity contribution in [1.29, 1.82) is 0 Å². The first-order valence-electron chi connectivity index (χ1n) is 8.27. The lowest BCUT2D eigenvalue weighted by Crippen LogP contribution is -2.36. The van der Waals surface area contributed by atoms with Gasteiger partial charge in [0.1, 0.15) is 12.4 Å². The predicted octanol–water partition coefficient (Wildman–Crippen LogP) is 2.41. The molecule has 1 amide bonds. The number of rotatable bonds is 7. The zero-order chi connectivity index (χ0) is 19.3. The highest BCUT2D eigenvalue weighted by Gasteiger charge is 2.15. The number of ether oxygens (including phenoxy) is 1. The van der Waals surface area contributed by atoms with Gasteiger partial charge in [0.2, 0.25) is 10.0 Å². The second-order valence-electron chi connectivity index (χ2n) is 6.17. The van der Waals surface area contributed by atoms with Crippen molar-refractivity contribution >= 4 is 15.9 Å². The Morgan fingerprint density at radius 1 is 1.12 bits per heavy atom. The molecule has 0 saturated heterocycles. The van der Waals surface area contributed by atoms with Gasteiger partial charge in [-0.2, -0.15) is 0 Å². The van der Waals surface area contributed by atoms with E-state index in [1.165, 1.54) is 30.8 Å². The fourth-order valence-corrected chi connectivity index (χ4v) is 3.07. The van der Waals surface area contributed by atoms with Gasteiger partial charge in [-0.3, -0.25) is 4.79 Å². The van der Waals surface area contributed by atoms with Crippen LogP contribution in [0.25, 0.3) is 0 Å². The molecule has 0 fully saturated rings. The Balaban J connectivity index is 1.98. The van der Waals surface area contributed by atoms with Crippen LogP contribution in [0.2, 0.25) is 0 Å². The quantitative estimate of drug-likeness (QED) is 0.777. The van der Waals surface area contributed by atoms with Crippen molar-refractivity contribution in [3.05, 3.63) is 59.2 Å². The molecule has 26 heavy (non-hydrogen) atoms. The molecule has 2 aromatic rings. The van der Waals surface area contributed by atoms with Crippen molar-refractivity contribution in [2.24, 2.45) is 0 Å². The molecule has 0 bridgehead atoms. The van der Waals surface area contributed by atoms with Gasteiger partial charge in [-0.25, -0.2) is 13.1 Å². The topological polar surface area (TPSA) is 84.5 Å². The number of aryl methyl sites for hydroxylation is 2. The first-order valence-corrected chi connectivity index (χ1v) is 9.76. The van der Waals surface area contributed by atoms with Crippen molar-refractivity contribution in [3.63, 3.8) is 0 Å². The van der Waals surface area contributed by atoms with Crippen molar-refractivity contribution < 1.29 is 17.9 Å². The van der Waals surface area contributed by atoms with Crippen molar-refractivity contribution in [1.82, 2.24) is 10.0 Å². The molecule has 6 nitrogen and oxygen atoms in total. The van der Waals surface area contributed by atoms with E-state index in [2.05, 4.69) is 10.0 Å². The Kier molecular flexibility index (Phi) is 6.39. The minimum atomic E-state index is -3.59. The summed E-state index contributed by atoms with van der Waals surface area (Å²) in [6, 6.07) is 11.5. The van der Waals surface area contributed by atoms with E-state index in [1.54, 1.807) is 6.07 Å². The Morgan fingerprint density at radius 3 is 2.50 bits per heavy atom. The summed E-state index contributed by atoms with van der Waals surface area (Å²) in [6.07, 6.45) is 0. The number of nitrogens with one attached hydrogen (secondary N) is 2. The maximum atomic E-state index is 12.4. The third-order valence-corrected chi connectivity index (χ3v) is 5.44. The van der Waals surface area contributed by atoms with Crippen LogP contribution in [-0.2, 0) is 10.0 Å². The molecule has 0 heterocycles. The van der Waals surface area contributed by atoms with Crippen LogP contribution >= 0.6 is 0 Å². The van der Waals surface area contributed by atoms with Gasteiger partial charge in [-0.1, -0.05) is 12.1 Å². The highest BCUT2D eigenvalue weighted by molar-refractivity contribution is 7.89. The van der Waals surface area contributed by atoms with E-state index in [0.29, 0.717) is 6.61 Å². The summed E-state index contributed by atoms with van der Waals surface area (Å²) in [7, 11) is -2.26. The zero-order valence-electron chi connectivity index (χ0n) is 15.4. The molecule has 1 unspecified atom stereocenters. The van der Waals surface area contributed by atoms with Crippen molar-refractivity contribution in [3.8, 4) is 5.75 Å². The predicted molar refractivity (Wildman–Crippen MR) is 101 cm³/mol. The fourth-order valence-electron chi connectivity index (χ4n) is 2.30. The van der Waals surface area contributed by atoms with Crippen molar-refractivity contribution in [2.75, 3.05) is 13.7 Å². The molecule has 0 aliphatic rings. The number of hydrogen-bond acceptors (Lipinski definition) is 4. The van der Waals surface area contributed by atoms with Gasteiger partial charge in [0.15, 0.2) is 0 Å². The lowest BCUT2D eigenvalue weighted by molar-refractivity contribution is 0.0926. The molecule has 0 spiro atoms. The molecular formula is C19H24N2O4S. The van der Waals surface area contributed by atoms with Gasteiger partial charge in [0.05, 0.1) is 10.9 Å². The van der Waals surface area contributed by atoms with E-state index < -0.39 is 10.0 Å². The summed E-state index contributed by atoms with van der Waals surface area (Å²) in [6.45, 7) is 6.18. The molecule has 0 radical (unpaired) electrons. The Bertz CT molecular complexity index is 894. The minimum Gasteiger partial charge on any atom is -0.491 e. The smallest absolute Gasteiger partial charge is 0.251 e. The summed E-state index contributed by atoms with van der Waals surface area (Å²) in [5.74, 6) is 0.394. The number of carbonyl (C=O) groups excluding carboxylic acids is 1. The highest BCUT2D eigenvalue weighted by Crippen LogP contribution is 2.16. The molecule has 0 aliphatic heterocycles. The van der Waals surface area contributed by atoms with Gasteiger partial charge < -0.3 is 10.1 Å². The summed E-state index contributed by atoms with van der Waals surface area (Å²) >= 11 is 0. The second-order valence-corrected chi connectivity index (χ2v) is 8.05. The van der Waals surface area contributed by atoms with Crippen LogP contribution in [0.1, 0.15) is 28.4 Å². The van der Waals surface area contributed by atoms with E-state index in [9.17, 15) is 13.2 Å². The van der Waals surface area contributed by atoms with Crippen LogP contribution in [0, 0.1) is 13.8 Å². The maximum absolute atomic E-state index is 12.4. The van der Waals surface area contributed by atoms with E-state index in [-0.39, 0.29) is 22.4 Å². The lowest BCUT2D eigenvalue weighted by atomic mass is 10.1. The standard InChI is InChI=1S/C19H24N2O4S/c1-13-8-9-17(10-14(13)2)25-12-15(3)21-19(22)16-6-5-7-18(11-16)26(23,24)20-4/h5-11,15,20H,12H2,1-4H3,(H,21,22). The molecular weight excluding hydrogens is 352 g/mol. The second kappa shape index (κ2) is 8.33. The first kappa shape index (κ1) is 19.9. The summed E-state index contributed by atoms with van der Waals surface area (Å²) in [5, 5.41) is 2.81. The Hall–Kier alpha value is -2.38. The largest absolute Gasteiger partial charge is 0.491 e. The molecule has 0 saturated carbocycles. The normalized spacial score (nSPS) is 12.5. The average Bonchev–Trinajstić information content (AvgIpc) is 2.62. The van der Waals surface area contributed by atoms with E-state index in [1.807, 2.05) is 39.0 Å². The van der Waals surface area contributed by atoms with Crippen LogP contribution in [-0.4, -0.2) is 34.0 Å². The van der Waals surface area contributed by atoms with E-state index in [4.69, 9.17) is 4.74 Å². The van der Waals surface area contributed by atoms with E-state index in [0.717, 1.165) is 11.3 Å². The number of amides is 1. The third-order valence-electron chi connectivity index (χ3n) is 4.03. The van der Waals surface area contributed by atoms with Crippen LogP contribution in [0.4, 0.5) is 0 Å². The van der Waals surface area contributed by atoms with E-state index >= 15 is 0 Å². The molecule has 1 atom stereocenters. The molecule has 0 aliphatic carbocycles. The third kappa shape index (κ3) is 5.06. The maximum Gasteiger partial charge on any atom is 0.251 e. The van der Waals surface area contributed by atoms with Gasteiger partial charge in [0, 0.05) is 5.56 Å². The number of benzene rings is 2. The van der Waals surface area contributed by atoms with Gasteiger partial charge >= 0.3 is 0 Å². The molecule has 2 N–H and O–H groups in total. The lowest BCUT2D eigenvalue weighted by Gasteiger charge is -2.16. The molecule has 0 aromatic heterocycles. The fraction of sp³-hybridized carbons (Fsp3) is 0.316. The van der Waals surface area contributed by atoms with Crippen molar-refractivity contribution in [2.45, 2.75) is 31.7 Å². The van der Waals surface area contributed by atoms with Crippen LogP contribution in [0.3, 0.4) is 0 Å². The molecule has 140 valence electrons. The molecule has 2 rings (SSSR count). The summed E-state index contributed by atoms with van der Waals surface area (Å²) in [4.78, 5) is 12.4. The van der Waals surface area contributed by atoms with Gasteiger partial charge in [-0.15, -0.1) is 0 Å². The Morgan fingerprint density at radius 2 is 1.85 bits per heavy atom. The summed E-state index contributed by atoms with van der Waals surface area (Å²) in [5.41, 5.74) is 2.61. The van der Waals surface area contributed by atoms with Crippen LogP contribution < -0.4 is 14.8 Å². The van der Waals surface area contributed by atoms with Gasteiger partial charge in [-0.05, 0) is 69.3 Å². The highest BCUT2D eigenvalue weighted by atomic mass is 32.2. The molecule has 7 heteroatoms. The zero-order valence-corrected chi connectivity index (χ0v) is 16.2.